The number of ether oxygens (including phenoxy) is 1. The van der Waals surface area contributed by atoms with Gasteiger partial charge in [-0.3, -0.25) is 0 Å². The van der Waals surface area contributed by atoms with Crippen molar-refractivity contribution in [1.29, 1.82) is 0 Å². The third kappa shape index (κ3) is 4.91. The number of anilines is 1. The van der Waals surface area contributed by atoms with Gasteiger partial charge in [-0.15, -0.1) is 0 Å². The van der Waals surface area contributed by atoms with Crippen LogP contribution >= 0.6 is 11.6 Å². The van der Waals surface area contributed by atoms with Crippen molar-refractivity contribution in [3.63, 3.8) is 0 Å². The van der Waals surface area contributed by atoms with E-state index in [0.29, 0.717) is 38.8 Å². The number of alkyl halides is 3. The third-order valence-electron chi connectivity index (χ3n) is 5.47. The molecule has 2 aromatic carbocycles. The minimum absolute atomic E-state index is 0.363. The van der Waals surface area contributed by atoms with Crippen LogP contribution in [0.1, 0.15) is 31.7 Å². The molecular formula is C23H25ClF3N3O2. The Hall–Kier alpha value is -2.58. The molecule has 1 unspecified atom stereocenters. The van der Waals surface area contributed by atoms with Gasteiger partial charge < -0.3 is 15.2 Å². The fraction of sp³-hybridized carbons (Fsp3) is 0.391. The number of methoxy groups -OCH3 is 1. The van der Waals surface area contributed by atoms with Crippen molar-refractivity contribution < 1.29 is 23.0 Å². The molecular weight excluding hydrogens is 443 g/mol. The van der Waals surface area contributed by atoms with Gasteiger partial charge in [0, 0.05) is 22.3 Å². The highest BCUT2D eigenvalue weighted by molar-refractivity contribution is 6.30. The van der Waals surface area contributed by atoms with Crippen LogP contribution in [-0.2, 0) is 5.41 Å². The van der Waals surface area contributed by atoms with Crippen LogP contribution in [-0.4, -0.2) is 40.5 Å². The van der Waals surface area contributed by atoms with Gasteiger partial charge in [0.2, 0.25) is 0 Å². The van der Waals surface area contributed by atoms with Gasteiger partial charge in [-0.1, -0.05) is 37.6 Å². The molecule has 0 aliphatic carbocycles. The number of hydrogen-bond acceptors (Lipinski definition) is 5. The summed E-state index contributed by atoms with van der Waals surface area (Å²) in [5, 5.41) is 14.6. The van der Waals surface area contributed by atoms with E-state index in [9.17, 15) is 18.3 Å². The quantitative estimate of drug-likeness (QED) is 0.468. The Morgan fingerprint density at radius 3 is 2.53 bits per heavy atom. The summed E-state index contributed by atoms with van der Waals surface area (Å²) in [5.74, 6) is 0.918. The zero-order valence-corrected chi connectivity index (χ0v) is 19.0. The maximum atomic E-state index is 14.1. The van der Waals surface area contributed by atoms with E-state index in [1.165, 1.54) is 7.11 Å². The van der Waals surface area contributed by atoms with E-state index in [2.05, 4.69) is 15.3 Å². The van der Waals surface area contributed by atoms with Gasteiger partial charge in [0.25, 0.3) is 0 Å². The first kappa shape index (κ1) is 24.1. The van der Waals surface area contributed by atoms with Crippen LogP contribution in [0.3, 0.4) is 0 Å². The summed E-state index contributed by atoms with van der Waals surface area (Å²) >= 11 is 6.00. The Kier molecular flexibility index (Phi) is 6.58. The molecule has 0 fully saturated rings. The molecule has 3 aromatic rings. The van der Waals surface area contributed by atoms with E-state index >= 15 is 0 Å². The SMILES string of the molecule is COc1cc(Cl)ccc1C(C)(C)CC(O)(CNc1cccc2nc(C)ncc12)C(F)(F)F. The molecule has 1 atom stereocenters. The highest BCUT2D eigenvalue weighted by Crippen LogP contribution is 2.44. The van der Waals surface area contributed by atoms with Crippen molar-refractivity contribution >= 4 is 28.2 Å². The van der Waals surface area contributed by atoms with Crippen LogP contribution in [0.5, 0.6) is 5.75 Å². The summed E-state index contributed by atoms with van der Waals surface area (Å²) in [5.41, 5.74) is -2.58. The summed E-state index contributed by atoms with van der Waals surface area (Å²) in [4.78, 5) is 8.42. The number of hydrogen-bond donors (Lipinski definition) is 2. The molecule has 172 valence electrons. The smallest absolute Gasteiger partial charge is 0.418 e. The van der Waals surface area contributed by atoms with Gasteiger partial charge in [-0.2, -0.15) is 13.2 Å². The monoisotopic (exact) mass is 467 g/mol. The molecule has 0 spiro atoms. The molecule has 1 heterocycles. The first-order valence-electron chi connectivity index (χ1n) is 9.96. The number of halogens is 4. The maximum Gasteiger partial charge on any atom is 0.418 e. The van der Waals surface area contributed by atoms with Crippen molar-refractivity contribution in [3.05, 3.63) is 59.0 Å². The minimum atomic E-state index is -4.88. The van der Waals surface area contributed by atoms with E-state index in [1.54, 1.807) is 63.4 Å². The second kappa shape index (κ2) is 8.75. The predicted octanol–water partition coefficient (Wildman–Crippen LogP) is 5.67. The average Bonchev–Trinajstić information content (AvgIpc) is 2.70. The summed E-state index contributed by atoms with van der Waals surface area (Å²) in [7, 11) is 1.42. The van der Waals surface area contributed by atoms with Gasteiger partial charge in [-0.05, 0) is 48.6 Å². The largest absolute Gasteiger partial charge is 0.496 e. The molecule has 5 nitrogen and oxygen atoms in total. The number of benzene rings is 2. The van der Waals surface area contributed by atoms with Crippen molar-refractivity contribution in [1.82, 2.24) is 9.97 Å². The number of aliphatic hydroxyl groups is 1. The Morgan fingerprint density at radius 1 is 1.16 bits per heavy atom. The van der Waals surface area contributed by atoms with Gasteiger partial charge in [-0.25, -0.2) is 9.97 Å². The third-order valence-corrected chi connectivity index (χ3v) is 5.71. The number of aromatic nitrogens is 2. The molecule has 0 aliphatic heterocycles. The highest BCUT2D eigenvalue weighted by Gasteiger charge is 2.56. The van der Waals surface area contributed by atoms with Gasteiger partial charge in [0.15, 0.2) is 5.60 Å². The molecule has 2 N–H and O–H groups in total. The standard InChI is InChI=1S/C23H25ClF3N3O2/c1-14-28-11-16-18(6-5-7-19(16)30-14)29-13-22(31,23(25,26)27)12-21(2,3)17-9-8-15(24)10-20(17)32-4/h5-11,29,31H,12-13H2,1-4H3. The molecule has 0 aliphatic rings. The van der Waals surface area contributed by atoms with Gasteiger partial charge in [0.05, 0.1) is 19.2 Å². The molecule has 3 rings (SSSR count). The Balaban J connectivity index is 1.93. The topological polar surface area (TPSA) is 67.3 Å². The first-order chi connectivity index (χ1) is 14.9. The summed E-state index contributed by atoms with van der Waals surface area (Å²) in [6, 6.07) is 9.82. The van der Waals surface area contributed by atoms with Gasteiger partial charge in [0.1, 0.15) is 11.6 Å². The van der Waals surface area contributed by atoms with E-state index in [4.69, 9.17) is 16.3 Å². The van der Waals surface area contributed by atoms with E-state index in [1.807, 2.05) is 0 Å². The van der Waals surface area contributed by atoms with Crippen LogP contribution < -0.4 is 10.1 Å². The van der Waals surface area contributed by atoms with Crippen molar-refractivity contribution in [2.75, 3.05) is 19.0 Å². The van der Waals surface area contributed by atoms with Crippen LogP contribution in [0.2, 0.25) is 5.02 Å². The number of nitrogens with one attached hydrogen (secondary N) is 1. The van der Waals surface area contributed by atoms with Crippen LogP contribution in [0.15, 0.2) is 42.6 Å². The average molecular weight is 468 g/mol. The number of nitrogens with zero attached hydrogens (tertiary/aromatic N) is 2. The van der Waals surface area contributed by atoms with Gasteiger partial charge >= 0.3 is 6.18 Å². The zero-order chi connectivity index (χ0) is 23.7. The van der Waals surface area contributed by atoms with Crippen LogP contribution in [0.4, 0.5) is 18.9 Å². The van der Waals surface area contributed by atoms with Crippen molar-refractivity contribution in [2.24, 2.45) is 0 Å². The van der Waals surface area contributed by atoms with Crippen molar-refractivity contribution in [2.45, 2.75) is 44.4 Å². The fourth-order valence-corrected chi connectivity index (χ4v) is 4.02. The molecule has 1 aromatic heterocycles. The normalized spacial score (nSPS) is 14.3. The van der Waals surface area contributed by atoms with E-state index < -0.39 is 30.2 Å². The fourth-order valence-electron chi connectivity index (χ4n) is 3.86. The summed E-state index contributed by atoms with van der Waals surface area (Å²) < 4.78 is 47.6. The second-order valence-electron chi connectivity index (χ2n) is 8.44. The number of rotatable bonds is 7. The first-order valence-corrected chi connectivity index (χ1v) is 10.3. The lowest BCUT2D eigenvalue weighted by atomic mass is 9.74. The lowest BCUT2D eigenvalue weighted by molar-refractivity contribution is -0.260. The van der Waals surface area contributed by atoms with E-state index in [-0.39, 0.29) is 0 Å². The molecule has 0 bridgehead atoms. The summed E-state index contributed by atoms with van der Waals surface area (Å²) in [6.45, 7) is 4.24. The van der Waals surface area contributed by atoms with Crippen LogP contribution in [0, 0.1) is 6.92 Å². The molecule has 0 saturated carbocycles. The maximum absolute atomic E-state index is 14.1. The number of fused-ring (bicyclic) bond motifs is 1. The molecule has 0 amide bonds. The van der Waals surface area contributed by atoms with Crippen molar-refractivity contribution in [3.8, 4) is 5.75 Å². The molecule has 0 saturated heterocycles. The Bertz CT molecular complexity index is 1120. The summed E-state index contributed by atoms with van der Waals surface area (Å²) in [6.07, 6.45) is -3.93. The Morgan fingerprint density at radius 2 is 1.88 bits per heavy atom. The highest BCUT2D eigenvalue weighted by atomic mass is 35.5. The molecule has 9 heteroatoms. The predicted molar refractivity (Wildman–Crippen MR) is 119 cm³/mol. The number of aryl methyl sites for hydroxylation is 1. The minimum Gasteiger partial charge on any atom is -0.496 e. The molecule has 32 heavy (non-hydrogen) atoms. The second-order valence-corrected chi connectivity index (χ2v) is 8.88. The lowest BCUT2D eigenvalue weighted by Crippen LogP contribution is -2.53. The van der Waals surface area contributed by atoms with E-state index in [0.717, 1.165) is 0 Å². The van der Waals surface area contributed by atoms with Crippen LogP contribution in [0.25, 0.3) is 10.9 Å². The lowest BCUT2D eigenvalue weighted by Gasteiger charge is -2.38. The molecule has 0 radical (unpaired) electrons. The zero-order valence-electron chi connectivity index (χ0n) is 18.2. The Labute approximate surface area is 189 Å².